The Bertz CT molecular complexity index is 622. The molecule has 4 nitrogen and oxygen atoms in total. The van der Waals surface area contributed by atoms with Gasteiger partial charge in [-0.2, -0.15) is 4.99 Å². The quantitative estimate of drug-likeness (QED) is 0.705. The highest BCUT2D eigenvalue weighted by Gasteiger charge is 2.12. The SMILES string of the molecule is O=C1N=CN/C1=C/c1c[nH]c2ccccc12. The molecule has 0 saturated heterocycles. The first-order valence-electron chi connectivity index (χ1n) is 4.96. The number of nitrogens with one attached hydrogen (secondary N) is 2. The minimum atomic E-state index is -0.231. The predicted octanol–water partition coefficient (Wildman–Crippen LogP) is 1.67. The van der Waals surface area contributed by atoms with Crippen molar-refractivity contribution in [1.82, 2.24) is 10.3 Å². The van der Waals surface area contributed by atoms with Crippen molar-refractivity contribution in [2.24, 2.45) is 4.99 Å². The molecular weight excluding hydrogens is 202 g/mol. The van der Waals surface area contributed by atoms with E-state index in [0.29, 0.717) is 5.70 Å². The molecule has 0 bridgehead atoms. The summed E-state index contributed by atoms with van der Waals surface area (Å²) in [6.07, 6.45) is 5.09. The van der Waals surface area contributed by atoms with Gasteiger partial charge in [0.2, 0.25) is 0 Å². The van der Waals surface area contributed by atoms with Crippen LogP contribution in [0.1, 0.15) is 5.56 Å². The highest BCUT2D eigenvalue weighted by Crippen LogP contribution is 2.20. The summed E-state index contributed by atoms with van der Waals surface area (Å²) in [5, 5.41) is 3.91. The second-order valence-electron chi connectivity index (χ2n) is 3.56. The van der Waals surface area contributed by atoms with Gasteiger partial charge in [0.25, 0.3) is 5.91 Å². The number of amides is 1. The lowest BCUT2D eigenvalue weighted by Crippen LogP contribution is -2.07. The fourth-order valence-corrected chi connectivity index (χ4v) is 1.76. The minimum Gasteiger partial charge on any atom is -0.361 e. The second kappa shape index (κ2) is 3.34. The summed E-state index contributed by atoms with van der Waals surface area (Å²) in [5.41, 5.74) is 2.54. The smallest absolute Gasteiger partial charge is 0.294 e. The Labute approximate surface area is 91.7 Å². The van der Waals surface area contributed by atoms with Crippen LogP contribution in [0, 0.1) is 0 Å². The Hall–Kier alpha value is -2.36. The number of aromatic nitrogens is 1. The van der Waals surface area contributed by atoms with E-state index in [9.17, 15) is 4.79 Å². The van der Waals surface area contributed by atoms with E-state index in [1.54, 1.807) is 6.08 Å². The number of para-hydroxylation sites is 1. The molecule has 0 spiro atoms. The highest BCUT2D eigenvalue weighted by atomic mass is 16.1. The topological polar surface area (TPSA) is 57.2 Å². The molecule has 0 unspecified atom stereocenters. The Morgan fingerprint density at radius 1 is 1.25 bits per heavy atom. The third kappa shape index (κ3) is 1.32. The number of aromatic amines is 1. The first-order chi connectivity index (χ1) is 7.84. The van der Waals surface area contributed by atoms with Crippen molar-refractivity contribution >= 4 is 29.2 Å². The maximum Gasteiger partial charge on any atom is 0.294 e. The van der Waals surface area contributed by atoms with E-state index in [4.69, 9.17) is 0 Å². The van der Waals surface area contributed by atoms with Crippen LogP contribution in [0.3, 0.4) is 0 Å². The zero-order chi connectivity index (χ0) is 11.0. The molecule has 0 radical (unpaired) electrons. The number of carbonyl (C=O) groups excluding carboxylic acids is 1. The number of nitrogens with zero attached hydrogens (tertiary/aromatic N) is 1. The molecule has 1 aromatic heterocycles. The molecule has 2 N–H and O–H groups in total. The molecule has 78 valence electrons. The molecule has 2 aromatic rings. The first-order valence-corrected chi connectivity index (χ1v) is 4.96. The van der Waals surface area contributed by atoms with Crippen LogP contribution in [0.15, 0.2) is 41.2 Å². The number of fused-ring (bicyclic) bond motifs is 1. The van der Waals surface area contributed by atoms with Crippen molar-refractivity contribution in [2.75, 3.05) is 0 Å². The van der Waals surface area contributed by atoms with E-state index in [2.05, 4.69) is 15.3 Å². The van der Waals surface area contributed by atoms with E-state index in [1.165, 1.54) is 6.34 Å². The summed E-state index contributed by atoms with van der Waals surface area (Å²) in [6, 6.07) is 7.95. The highest BCUT2D eigenvalue weighted by molar-refractivity contribution is 6.08. The van der Waals surface area contributed by atoms with Crippen LogP contribution >= 0.6 is 0 Å². The molecular formula is C12H9N3O. The van der Waals surface area contributed by atoms with Gasteiger partial charge in [0, 0.05) is 22.7 Å². The van der Waals surface area contributed by atoms with Crippen LogP contribution < -0.4 is 5.32 Å². The van der Waals surface area contributed by atoms with Gasteiger partial charge in [-0.25, -0.2) is 0 Å². The van der Waals surface area contributed by atoms with Gasteiger partial charge in [0.1, 0.15) is 5.70 Å². The molecule has 1 aliphatic heterocycles. The van der Waals surface area contributed by atoms with E-state index in [1.807, 2.05) is 30.5 Å². The fourth-order valence-electron chi connectivity index (χ4n) is 1.76. The monoisotopic (exact) mass is 211 g/mol. The number of rotatable bonds is 1. The minimum absolute atomic E-state index is 0.231. The maximum atomic E-state index is 11.3. The second-order valence-corrected chi connectivity index (χ2v) is 3.56. The van der Waals surface area contributed by atoms with Gasteiger partial charge in [-0.1, -0.05) is 18.2 Å². The van der Waals surface area contributed by atoms with Gasteiger partial charge < -0.3 is 10.3 Å². The van der Waals surface area contributed by atoms with Crippen LogP contribution in [0.4, 0.5) is 0 Å². The van der Waals surface area contributed by atoms with Crippen LogP contribution in [0.5, 0.6) is 0 Å². The van der Waals surface area contributed by atoms with Crippen molar-refractivity contribution in [3.05, 3.63) is 41.7 Å². The van der Waals surface area contributed by atoms with Crippen molar-refractivity contribution in [3.63, 3.8) is 0 Å². The Balaban J connectivity index is 2.10. The normalized spacial score (nSPS) is 17.2. The molecule has 4 heteroatoms. The van der Waals surface area contributed by atoms with E-state index >= 15 is 0 Å². The van der Waals surface area contributed by atoms with E-state index in [0.717, 1.165) is 16.5 Å². The van der Waals surface area contributed by atoms with Gasteiger partial charge in [-0.05, 0) is 12.1 Å². The molecule has 3 rings (SSSR count). The fraction of sp³-hybridized carbons (Fsp3) is 0. The van der Waals surface area contributed by atoms with Gasteiger partial charge >= 0.3 is 0 Å². The Morgan fingerprint density at radius 2 is 2.12 bits per heavy atom. The zero-order valence-corrected chi connectivity index (χ0v) is 8.40. The summed E-state index contributed by atoms with van der Waals surface area (Å²) in [4.78, 5) is 18.1. The number of aliphatic imine (C=N–C) groups is 1. The van der Waals surface area contributed by atoms with Crippen LogP contribution in [0.25, 0.3) is 17.0 Å². The molecule has 0 fully saturated rings. The number of hydrogen-bond donors (Lipinski definition) is 2. The molecule has 2 heterocycles. The molecule has 0 atom stereocenters. The Morgan fingerprint density at radius 3 is 2.94 bits per heavy atom. The molecule has 1 aromatic carbocycles. The summed E-state index contributed by atoms with van der Waals surface area (Å²) in [7, 11) is 0. The van der Waals surface area contributed by atoms with Gasteiger partial charge in [0.05, 0.1) is 6.34 Å². The number of H-pyrrole nitrogens is 1. The molecule has 16 heavy (non-hydrogen) atoms. The van der Waals surface area contributed by atoms with Gasteiger partial charge in [-0.15, -0.1) is 0 Å². The van der Waals surface area contributed by atoms with E-state index in [-0.39, 0.29) is 5.91 Å². The molecule has 1 amide bonds. The van der Waals surface area contributed by atoms with Crippen molar-refractivity contribution in [3.8, 4) is 0 Å². The van der Waals surface area contributed by atoms with Gasteiger partial charge in [0.15, 0.2) is 0 Å². The van der Waals surface area contributed by atoms with Crippen molar-refractivity contribution in [1.29, 1.82) is 0 Å². The third-order valence-corrected chi connectivity index (χ3v) is 2.55. The lowest BCUT2D eigenvalue weighted by Gasteiger charge is -1.94. The molecule has 0 aliphatic carbocycles. The standard InChI is InChI=1S/C12H9N3O/c16-12-11(14-7-15-12)5-8-6-13-10-4-2-1-3-9(8)10/h1-7,13H,(H,14,15,16)/b11-5+. The summed E-state index contributed by atoms with van der Waals surface area (Å²) >= 11 is 0. The first kappa shape index (κ1) is 8.91. The average Bonchev–Trinajstić information content (AvgIpc) is 2.88. The largest absolute Gasteiger partial charge is 0.361 e. The maximum absolute atomic E-state index is 11.3. The van der Waals surface area contributed by atoms with E-state index < -0.39 is 0 Å². The summed E-state index contributed by atoms with van der Waals surface area (Å²) in [5.74, 6) is -0.231. The molecule has 1 aliphatic rings. The van der Waals surface area contributed by atoms with Crippen LogP contribution in [-0.4, -0.2) is 17.2 Å². The number of benzene rings is 1. The third-order valence-electron chi connectivity index (χ3n) is 2.55. The predicted molar refractivity (Wildman–Crippen MR) is 62.9 cm³/mol. The zero-order valence-electron chi connectivity index (χ0n) is 8.40. The lowest BCUT2D eigenvalue weighted by molar-refractivity contribution is -0.114. The number of carbonyl (C=O) groups is 1. The number of hydrogen-bond acceptors (Lipinski definition) is 2. The van der Waals surface area contributed by atoms with Gasteiger partial charge in [-0.3, -0.25) is 4.79 Å². The summed E-state index contributed by atoms with van der Waals surface area (Å²) in [6.45, 7) is 0. The average molecular weight is 211 g/mol. The van der Waals surface area contributed by atoms with Crippen molar-refractivity contribution < 1.29 is 4.79 Å². The summed E-state index contributed by atoms with van der Waals surface area (Å²) < 4.78 is 0. The van der Waals surface area contributed by atoms with Crippen molar-refractivity contribution in [2.45, 2.75) is 0 Å². The van der Waals surface area contributed by atoms with Crippen LogP contribution in [-0.2, 0) is 4.79 Å². The lowest BCUT2D eigenvalue weighted by atomic mass is 10.1. The molecule has 0 saturated carbocycles. The van der Waals surface area contributed by atoms with Crippen LogP contribution in [0.2, 0.25) is 0 Å². The Kier molecular flexibility index (Phi) is 1.86.